The molecule has 2 heterocycles. The summed E-state index contributed by atoms with van der Waals surface area (Å²) in [5.74, 6) is -0.486. The summed E-state index contributed by atoms with van der Waals surface area (Å²) in [6.07, 6.45) is -1.89. The molecule has 1 aliphatic heterocycles. The van der Waals surface area contributed by atoms with Crippen molar-refractivity contribution in [2.24, 2.45) is 5.10 Å². The van der Waals surface area contributed by atoms with Crippen molar-refractivity contribution in [2.45, 2.75) is 19.0 Å². The highest BCUT2D eigenvalue weighted by molar-refractivity contribution is 6.30. The second-order valence-electron chi connectivity index (χ2n) is 7.13. The zero-order valence-corrected chi connectivity index (χ0v) is 18.2. The third-order valence-corrected chi connectivity index (χ3v) is 4.92. The van der Waals surface area contributed by atoms with Gasteiger partial charge in [0, 0.05) is 17.4 Å². The van der Waals surface area contributed by atoms with Crippen LogP contribution >= 0.6 is 11.6 Å². The highest BCUT2D eigenvalue weighted by atomic mass is 35.5. The van der Waals surface area contributed by atoms with Crippen molar-refractivity contribution >= 4 is 29.0 Å². The predicted molar refractivity (Wildman–Crippen MR) is 115 cm³/mol. The third-order valence-electron chi connectivity index (χ3n) is 4.73. The van der Waals surface area contributed by atoms with E-state index in [1.807, 2.05) is 0 Å². The van der Waals surface area contributed by atoms with Gasteiger partial charge in [0.1, 0.15) is 17.5 Å². The largest absolute Gasteiger partial charge is 0.573 e. The van der Waals surface area contributed by atoms with Crippen LogP contribution in [0.4, 0.5) is 32.4 Å². The molecule has 1 aromatic heterocycles. The Kier molecular flexibility index (Phi) is 6.78. The number of halogens is 6. The molecule has 14 heteroatoms. The summed E-state index contributed by atoms with van der Waals surface area (Å²) in [5.41, 5.74) is 1.13. The lowest BCUT2D eigenvalue weighted by Gasteiger charge is -2.16. The average Bonchev–Trinajstić information content (AvgIpc) is 3.41. The SMILES string of the molecule is O=C(Nc1ccc(OC(F)(F)F)cc1)N1C[C@@H](n2cc(Cl)cn2)C(c2ccc(OC(F)F)cc2)=N1. The van der Waals surface area contributed by atoms with Gasteiger partial charge in [-0.15, -0.1) is 13.2 Å². The maximum atomic E-state index is 12.8. The minimum atomic E-state index is -4.83. The van der Waals surface area contributed by atoms with Gasteiger partial charge < -0.3 is 14.8 Å². The number of urea groups is 1. The molecule has 3 aromatic rings. The van der Waals surface area contributed by atoms with Crippen LogP contribution < -0.4 is 14.8 Å². The number of anilines is 1. The standard InChI is InChI=1S/C21H15ClF5N5O3/c22-13-9-28-31(10-13)17-11-32(30-18(17)12-1-5-15(6-2-12)34-19(23)24)20(33)29-14-3-7-16(8-4-14)35-21(25,26)27/h1-10,17,19H,11H2,(H,29,33)/t17-/m1/s1. The van der Waals surface area contributed by atoms with Gasteiger partial charge in [0.05, 0.1) is 23.5 Å². The summed E-state index contributed by atoms with van der Waals surface area (Å²) in [5, 5.41) is 12.5. The summed E-state index contributed by atoms with van der Waals surface area (Å²) in [6.45, 7) is -2.93. The lowest BCUT2D eigenvalue weighted by molar-refractivity contribution is -0.274. The zero-order chi connectivity index (χ0) is 25.2. The highest BCUT2D eigenvalue weighted by Crippen LogP contribution is 2.28. The third kappa shape index (κ3) is 6.18. The van der Waals surface area contributed by atoms with Gasteiger partial charge in [-0.3, -0.25) is 4.68 Å². The molecule has 1 aliphatic rings. The number of nitrogens with zero attached hydrogens (tertiary/aromatic N) is 4. The van der Waals surface area contributed by atoms with Gasteiger partial charge in [-0.1, -0.05) is 11.6 Å². The first-order chi connectivity index (χ1) is 16.6. The fourth-order valence-electron chi connectivity index (χ4n) is 3.30. The molecule has 2 amide bonds. The molecule has 1 N–H and O–H groups in total. The molecule has 2 aromatic carbocycles. The first kappa shape index (κ1) is 24.3. The first-order valence-electron chi connectivity index (χ1n) is 9.85. The number of hydrogen-bond acceptors (Lipinski definition) is 5. The quantitative estimate of drug-likeness (QED) is 0.438. The van der Waals surface area contributed by atoms with Crippen molar-refractivity contribution in [3.05, 3.63) is 71.5 Å². The lowest BCUT2D eigenvalue weighted by atomic mass is 10.0. The molecule has 0 unspecified atom stereocenters. The van der Waals surface area contributed by atoms with Crippen LogP contribution in [0.3, 0.4) is 0 Å². The molecule has 4 rings (SSSR count). The molecule has 35 heavy (non-hydrogen) atoms. The molecule has 0 radical (unpaired) electrons. The number of benzene rings is 2. The number of hydrazone groups is 1. The Morgan fingerprint density at radius 2 is 1.74 bits per heavy atom. The van der Waals surface area contributed by atoms with Crippen LogP contribution in [-0.2, 0) is 0 Å². The van der Waals surface area contributed by atoms with Gasteiger partial charge in [-0.25, -0.2) is 9.80 Å². The minimum absolute atomic E-state index is 0.0454. The van der Waals surface area contributed by atoms with E-state index < -0.39 is 30.8 Å². The Labute approximate surface area is 199 Å². The summed E-state index contributed by atoms with van der Waals surface area (Å²) >= 11 is 5.98. The monoisotopic (exact) mass is 515 g/mol. The Morgan fingerprint density at radius 1 is 1.09 bits per heavy atom. The van der Waals surface area contributed by atoms with Gasteiger partial charge in [0.2, 0.25) is 0 Å². The maximum absolute atomic E-state index is 12.8. The molecule has 0 aliphatic carbocycles. The summed E-state index contributed by atoms with van der Waals surface area (Å²) in [7, 11) is 0. The van der Waals surface area contributed by atoms with E-state index in [2.05, 4.69) is 25.0 Å². The predicted octanol–water partition coefficient (Wildman–Crippen LogP) is 5.53. The molecule has 8 nitrogen and oxygen atoms in total. The van der Waals surface area contributed by atoms with Crippen molar-refractivity contribution in [1.82, 2.24) is 14.8 Å². The van der Waals surface area contributed by atoms with Crippen molar-refractivity contribution in [2.75, 3.05) is 11.9 Å². The molecule has 1 atom stereocenters. The second-order valence-corrected chi connectivity index (χ2v) is 7.56. The molecule has 184 valence electrons. The molecule has 0 fully saturated rings. The second kappa shape index (κ2) is 9.78. The Hall–Kier alpha value is -3.87. The van der Waals surface area contributed by atoms with Crippen LogP contribution in [0.2, 0.25) is 5.02 Å². The van der Waals surface area contributed by atoms with E-state index in [0.717, 1.165) is 17.1 Å². The zero-order valence-electron chi connectivity index (χ0n) is 17.4. The molecule has 0 saturated carbocycles. The normalized spacial score (nSPS) is 15.8. The smallest absolute Gasteiger partial charge is 0.435 e. The summed E-state index contributed by atoms with van der Waals surface area (Å²) < 4.78 is 71.5. The number of ether oxygens (including phenoxy) is 2. The summed E-state index contributed by atoms with van der Waals surface area (Å²) in [6, 6.07) is 9.07. The van der Waals surface area contributed by atoms with E-state index in [1.165, 1.54) is 53.5 Å². The highest BCUT2D eigenvalue weighted by Gasteiger charge is 2.34. The van der Waals surface area contributed by atoms with E-state index in [9.17, 15) is 26.7 Å². The van der Waals surface area contributed by atoms with Gasteiger partial charge in [0.15, 0.2) is 0 Å². The van der Waals surface area contributed by atoms with Gasteiger partial charge in [-0.05, 0) is 48.5 Å². The average molecular weight is 516 g/mol. The van der Waals surface area contributed by atoms with E-state index in [-0.39, 0.29) is 18.0 Å². The fourth-order valence-corrected chi connectivity index (χ4v) is 3.44. The Balaban J connectivity index is 1.53. The number of rotatable bonds is 6. The van der Waals surface area contributed by atoms with Crippen molar-refractivity contribution in [3.63, 3.8) is 0 Å². The first-order valence-corrected chi connectivity index (χ1v) is 10.2. The van der Waals surface area contributed by atoms with Crippen molar-refractivity contribution in [1.29, 1.82) is 0 Å². The van der Waals surface area contributed by atoms with E-state index in [4.69, 9.17) is 11.6 Å². The van der Waals surface area contributed by atoms with Gasteiger partial charge in [-0.2, -0.15) is 19.0 Å². The van der Waals surface area contributed by atoms with E-state index in [0.29, 0.717) is 16.3 Å². The topological polar surface area (TPSA) is 81.0 Å². The van der Waals surface area contributed by atoms with Crippen molar-refractivity contribution < 1.29 is 36.2 Å². The van der Waals surface area contributed by atoms with Crippen LogP contribution in [0.5, 0.6) is 11.5 Å². The molecular weight excluding hydrogens is 501 g/mol. The molecular formula is C21H15ClF5N5O3. The lowest BCUT2D eigenvalue weighted by Crippen LogP contribution is -2.31. The number of alkyl halides is 5. The molecule has 0 spiro atoms. The number of carbonyl (C=O) groups excluding carboxylic acids is 1. The van der Waals surface area contributed by atoms with Crippen LogP contribution in [0, 0.1) is 0 Å². The number of nitrogens with one attached hydrogen (secondary N) is 1. The van der Waals surface area contributed by atoms with Crippen LogP contribution in [0.25, 0.3) is 0 Å². The number of hydrogen-bond donors (Lipinski definition) is 1. The van der Waals surface area contributed by atoms with E-state index >= 15 is 0 Å². The number of aromatic nitrogens is 2. The number of amides is 2. The van der Waals surface area contributed by atoms with Crippen LogP contribution in [-0.4, -0.2) is 46.1 Å². The fraction of sp³-hybridized carbons (Fsp3) is 0.190. The Morgan fingerprint density at radius 3 is 2.31 bits per heavy atom. The maximum Gasteiger partial charge on any atom is 0.573 e. The Bertz CT molecular complexity index is 1220. The van der Waals surface area contributed by atoms with Crippen LogP contribution in [0.15, 0.2) is 66.0 Å². The summed E-state index contributed by atoms with van der Waals surface area (Å²) in [4.78, 5) is 12.8. The number of carbonyl (C=O) groups is 1. The minimum Gasteiger partial charge on any atom is -0.435 e. The van der Waals surface area contributed by atoms with Crippen molar-refractivity contribution in [3.8, 4) is 11.5 Å². The van der Waals surface area contributed by atoms with Crippen LogP contribution in [0.1, 0.15) is 11.6 Å². The molecule has 0 bridgehead atoms. The van der Waals surface area contributed by atoms with E-state index in [1.54, 1.807) is 0 Å². The van der Waals surface area contributed by atoms with Gasteiger partial charge in [0.25, 0.3) is 0 Å². The van der Waals surface area contributed by atoms with Gasteiger partial charge >= 0.3 is 19.0 Å². The molecule has 0 saturated heterocycles.